The van der Waals surface area contributed by atoms with Crippen molar-refractivity contribution in [3.63, 3.8) is 0 Å². The molecular formula is C15H20N6O2. The van der Waals surface area contributed by atoms with Crippen LogP contribution in [0.3, 0.4) is 0 Å². The Hall–Kier alpha value is -2.57. The van der Waals surface area contributed by atoms with Crippen molar-refractivity contribution in [2.24, 2.45) is 11.0 Å². The molecule has 1 aliphatic rings. The summed E-state index contributed by atoms with van der Waals surface area (Å²) in [6.45, 7) is 1.19. The average Bonchev–Trinajstić information content (AvgIpc) is 2.86. The molecule has 2 rings (SSSR count). The highest BCUT2D eigenvalue weighted by molar-refractivity contribution is 5.96. The molecule has 0 aromatic heterocycles. The summed E-state index contributed by atoms with van der Waals surface area (Å²) in [5.74, 6) is -0.0140. The summed E-state index contributed by atoms with van der Waals surface area (Å²) >= 11 is 0. The van der Waals surface area contributed by atoms with Crippen molar-refractivity contribution in [3.8, 4) is 0 Å². The zero-order valence-electron chi connectivity index (χ0n) is 13.3. The minimum Gasteiger partial charge on any atom is -0.325 e. The van der Waals surface area contributed by atoms with Crippen LogP contribution in [0.15, 0.2) is 29.4 Å². The van der Waals surface area contributed by atoms with Gasteiger partial charge in [0.25, 0.3) is 0 Å². The van der Waals surface area contributed by atoms with Gasteiger partial charge < -0.3 is 15.1 Å². The molecule has 1 aromatic rings. The van der Waals surface area contributed by atoms with E-state index in [2.05, 4.69) is 15.3 Å². The number of likely N-dealkylation sites (N-methyl/N-ethyl adjacent to an activating group) is 1. The Morgan fingerprint density at radius 3 is 2.74 bits per heavy atom. The van der Waals surface area contributed by atoms with Gasteiger partial charge in [0.05, 0.1) is 6.54 Å². The van der Waals surface area contributed by atoms with Crippen molar-refractivity contribution in [1.82, 2.24) is 4.90 Å². The fourth-order valence-corrected chi connectivity index (χ4v) is 2.52. The largest absolute Gasteiger partial charge is 0.325 e. The van der Waals surface area contributed by atoms with Crippen LogP contribution in [0.1, 0.15) is 6.42 Å². The van der Waals surface area contributed by atoms with Gasteiger partial charge in [-0.3, -0.25) is 9.59 Å². The van der Waals surface area contributed by atoms with Crippen LogP contribution < -0.4 is 10.2 Å². The predicted molar refractivity (Wildman–Crippen MR) is 88.1 cm³/mol. The number of anilines is 2. The van der Waals surface area contributed by atoms with E-state index in [1.54, 1.807) is 34.1 Å². The molecule has 1 fully saturated rings. The Bertz CT molecular complexity index is 621. The van der Waals surface area contributed by atoms with Crippen LogP contribution in [0.2, 0.25) is 0 Å². The van der Waals surface area contributed by atoms with E-state index in [0.717, 1.165) is 5.69 Å². The molecule has 0 saturated carbocycles. The molecule has 1 heterocycles. The molecule has 1 unspecified atom stereocenters. The molecule has 2 amide bonds. The van der Waals surface area contributed by atoms with Gasteiger partial charge in [0.2, 0.25) is 11.8 Å². The monoisotopic (exact) mass is 316 g/mol. The molecule has 0 spiro atoms. The second-order valence-corrected chi connectivity index (χ2v) is 5.82. The van der Waals surface area contributed by atoms with E-state index in [1.807, 2.05) is 14.1 Å². The lowest BCUT2D eigenvalue weighted by atomic mass is 10.1. The highest BCUT2D eigenvalue weighted by Gasteiger charge is 2.29. The summed E-state index contributed by atoms with van der Waals surface area (Å²) in [6, 6.07) is 7.16. The summed E-state index contributed by atoms with van der Waals surface area (Å²) in [4.78, 5) is 30.0. The summed E-state index contributed by atoms with van der Waals surface area (Å²) in [7, 11) is 3.66. The van der Waals surface area contributed by atoms with Gasteiger partial charge in [0.1, 0.15) is 0 Å². The van der Waals surface area contributed by atoms with Gasteiger partial charge in [-0.15, -0.1) is 0 Å². The van der Waals surface area contributed by atoms with Gasteiger partial charge in [0, 0.05) is 35.8 Å². The highest BCUT2D eigenvalue weighted by Crippen LogP contribution is 2.26. The third kappa shape index (κ3) is 4.70. The van der Waals surface area contributed by atoms with Gasteiger partial charge in [-0.2, -0.15) is 0 Å². The Morgan fingerprint density at radius 2 is 2.13 bits per heavy atom. The quantitative estimate of drug-likeness (QED) is 0.492. The van der Waals surface area contributed by atoms with Crippen LogP contribution in [-0.4, -0.2) is 50.4 Å². The topological polar surface area (TPSA) is 101 Å². The number of nitrogens with one attached hydrogen (secondary N) is 1. The Kier molecular flexibility index (Phi) is 5.56. The van der Waals surface area contributed by atoms with Gasteiger partial charge in [-0.05, 0) is 49.8 Å². The van der Waals surface area contributed by atoms with E-state index in [1.165, 1.54) is 0 Å². The first kappa shape index (κ1) is 16.8. The maximum atomic E-state index is 12.0. The second-order valence-electron chi connectivity index (χ2n) is 5.82. The van der Waals surface area contributed by atoms with Crippen molar-refractivity contribution < 1.29 is 9.59 Å². The number of carbonyl (C=O) groups is 2. The summed E-state index contributed by atoms with van der Waals surface area (Å²) in [5.41, 5.74) is 9.83. The molecule has 0 radical (unpaired) electrons. The normalized spacial score (nSPS) is 17.3. The minimum atomic E-state index is -0.0885. The zero-order chi connectivity index (χ0) is 16.8. The van der Waals surface area contributed by atoms with E-state index in [-0.39, 0.29) is 17.7 Å². The van der Waals surface area contributed by atoms with E-state index in [9.17, 15) is 9.59 Å². The molecular weight excluding hydrogens is 296 g/mol. The molecule has 8 nitrogen and oxygen atoms in total. The first-order valence-electron chi connectivity index (χ1n) is 7.35. The molecule has 8 heteroatoms. The van der Waals surface area contributed by atoms with Gasteiger partial charge in [-0.25, -0.2) is 0 Å². The molecule has 1 saturated heterocycles. The van der Waals surface area contributed by atoms with Crippen LogP contribution in [0, 0.1) is 5.92 Å². The van der Waals surface area contributed by atoms with Gasteiger partial charge >= 0.3 is 0 Å². The van der Waals surface area contributed by atoms with Crippen LogP contribution in [-0.2, 0) is 9.59 Å². The van der Waals surface area contributed by atoms with E-state index in [4.69, 9.17) is 5.53 Å². The molecule has 0 bridgehead atoms. The molecule has 1 atom stereocenters. The number of hydrogen-bond acceptors (Lipinski definition) is 4. The van der Waals surface area contributed by atoms with Crippen molar-refractivity contribution in [1.29, 1.82) is 0 Å². The Labute approximate surface area is 134 Å². The first-order valence-corrected chi connectivity index (χ1v) is 7.35. The molecule has 23 heavy (non-hydrogen) atoms. The third-order valence-electron chi connectivity index (χ3n) is 3.53. The fraction of sp³-hybridized carbons (Fsp3) is 0.467. The minimum absolute atomic E-state index is 0.0209. The maximum Gasteiger partial charge on any atom is 0.238 e. The number of nitrogens with zero attached hydrogens (tertiary/aromatic N) is 5. The van der Waals surface area contributed by atoms with Crippen molar-refractivity contribution in [2.75, 3.05) is 43.9 Å². The van der Waals surface area contributed by atoms with Crippen LogP contribution in [0.25, 0.3) is 10.4 Å². The zero-order valence-corrected chi connectivity index (χ0v) is 13.3. The Morgan fingerprint density at radius 1 is 1.43 bits per heavy atom. The Balaban J connectivity index is 1.98. The molecule has 1 aliphatic heterocycles. The van der Waals surface area contributed by atoms with Crippen LogP contribution in [0.4, 0.5) is 11.4 Å². The second kappa shape index (κ2) is 7.62. The van der Waals surface area contributed by atoms with E-state index in [0.29, 0.717) is 31.7 Å². The molecule has 1 N–H and O–H groups in total. The van der Waals surface area contributed by atoms with E-state index >= 15 is 0 Å². The molecule has 122 valence electrons. The van der Waals surface area contributed by atoms with Crippen LogP contribution >= 0.6 is 0 Å². The fourth-order valence-electron chi connectivity index (χ4n) is 2.52. The third-order valence-corrected chi connectivity index (χ3v) is 3.53. The van der Waals surface area contributed by atoms with Crippen molar-refractivity contribution in [3.05, 3.63) is 34.7 Å². The van der Waals surface area contributed by atoms with E-state index < -0.39 is 0 Å². The SMILES string of the molecule is CN(C)CC(=O)Nc1ccc(N2CC(CN=[N+]=[N-])CC2=O)cc1. The maximum absolute atomic E-state index is 12.0. The molecule has 1 aromatic carbocycles. The summed E-state index contributed by atoms with van der Waals surface area (Å²) in [6.07, 6.45) is 0.389. The number of carbonyl (C=O) groups excluding carboxylic acids is 2. The number of benzene rings is 1. The number of azide groups is 1. The lowest BCUT2D eigenvalue weighted by molar-refractivity contribution is -0.117. The lowest BCUT2D eigenvalue weighted by Crippen LogP contribution is -2.27. The standard InChI is InChI=1S/C15H20N6O2/c1-20(2)10-14(22)18-12-3-5-13(6-4-12)21-9-11(7-15(21)23)8-17-19-16/h3-6,11H,7-10H2,1-2H3,(H,18,22). The number of rotatable bonds is 6. The summed E-state index contributed by atoms with van der Waals surface area (Å²) in [5, 5.41) is 6.34. The van der Waals surface area contributed by atoms with Gasteiger partial charge in [0.15, 0.2) is 0 Å². The lowest BCUT2D eigenvalue weighted by Gasteiger charge is -2.17. The van der Waals surface area contributed by atoms with Crippen molar-refractivity contribution >= 4 is 23.2 Å². The number of amides is 2. The summed E-state index contributed by atoms with van der Waals surface area (Å²) < 4.78 is 0. The van der Waals surface area contributed by atoms with Gasteiger partial charge in [-0.1, -0.05) is 5.11 Å². The predicted octanol–water partition coefficient (Wildman–Crippen LogP) is 1.85. The highest BCUT2D eigenvalue weighted by atomic mass is 16.2. The average molecular weight is 316 g/mol. The number of hydrogen-bond donors (Lipinski definition) is 1. The molecule has 0 aliphatic carbocycles. The van der Waals surface area contributed by atoms with Crippen LogP contribution in [0.5, 0.6) is 0 Å². The van der Waals surface area contributed by atoms with Crippen molar-refractivity contribution in [2.45, 2.75) is 6.42 Å². The first-order chi connectivity index (χ1) is 11.0. The smallest absolute Gasteiger partial charge is 0.238 e.